The number of nitrogens with zero attached hydrogens (tertiary/aromatic N) is 1. The van der Waals surface area contributed by atoms with E-state index in [1.54, 1.807) is 30.3 Å². The van der Waals surface area contributed by atoms with Gasteiger partial charge in [-0.15, -0.1) is 0 Å². The average Bonchev–Trinajstić information content (AvgIpc) is 2.83. The number of nitrogens with two attached hydrogens (primary N) is 1. The highest BCUT2D eigenvalue weighted by molar-refractivity contribution is 7.88. The lowest BCUT2D eigenvalue weighted by molar-refractivity contribution is 0.411. The first-order valence-corrected chi connectivity index (χ1v) is 6.92. The van der Waals surface area contributed by atoms with Gasteiger partial charge in [0.1, 0.15) is 6.26 Å². The predicted molar refractivity (Wildman–Crippen MR) is 66.8 cm³/mol. The second-order valence-electron chi connectivity index (χ2n) is 3.77. The molecule has 96 valence electrons. The molecule has 0 amide bonds. The van der Waals surface area contributed by atoms with Gasteiger partial charge in [0, 0.05) is 11.8 Å². The molecule has 2 rings (SSSR count). The van der Waals surface area contributed by atoms with Gasteiger partial charge in [0.2, 0.25) is 10.0 Å². The minimum atomic E-state index is -3.44. The molecule has 0 aliphatic carbocycles. The monoisotopic (exact) mass is 267 g/mol. The molecular formula is C11H13N3O3S. The zero-order chi connectivity index (χ0) is 13.0. The van der Waals surface area contributed by atoms with E-state index in [0.717, 1.165) is 0 Å². The van der Waals surface area contributed by atoms with Gasteiger partial charge in [-0.1, -0.05) is 23.4 Å². The van der Waals surface area contributed by atoms with Gasteiger partial charge >= 0.3 is 0 Å². The number of rotatable bonds is 5. The van der Waals surface area contributed by atoms with Gasteiger partial charge < -0.3 is 10.3 Å². The Labute approximate surface area is 105 Å². The minimum absolute atomic E-state index is 0.103. The molecular weight excluding hydrogens is 254 g/mol. The maximum atomic E-state index is 11.8. The van der Waals surface area contributed by atoms with Crippen molar-refractivity contribution >= 4 is 15.7 Å². The second kappa shape index (κ2) is 5.19. The topological polar surface area (TPSA) is 98.2 Å². The van der Waals surface area contributed by atoms with Crippen molar-refractivity contribution < 1.29 is 12.9 Å². The van der Waals surface area contributed by atoms with E-state index in [4.69, 9.17) is 5.73 Å². The highest BCUT2D eigenvalue weighted by Crippen LogP contribution is 2.13. The van der Waals surface area contributed by atoms with Gasteiger partial charge in [0.05, 0.1) is 18.0 Å². The van der Waals surface area contributed by atoms with E-state index in [0.29, 0.717) is 16.9 Å². The highest BCUT2D eigenvalue weighted by atomic mass is 32.2. The van der Waals surface area contributed by atoms with Crippen molar-refractivity contribution in [1.82, 2.24) is 9.88 Å². The molecule has 0 saturated carbocycles. The van der Waals surface area contributed by atoms with E-state index >= 15 is 0 Å². The first-order chi connectivity index (χ1) is 8.57. The molecule has 7 heteroatoms. The molecule has 1 aromatic carbocycles. The van der Waals surface area contributed by atoms with E-state index in [1.807, 2.05) is 0 Å². The van der Waals surface area contributed by atoms with Gasteiger partial charge in [-0.3, -0.25) is 0 Å². The van der Waals surface area contributed by atoms with Crippen LogP contribution in [0.2, 0.25) is 0 Å². The van der Waals surface area contributed by atoms with Crippen LogP contribution in [0, 0.1) is 0 Å². The summed E-state index contributed by atoms with van der Waals surface area (Å²) in [6.45, 7) is 0.103. The van der Waals surface area contributed by atoms with Crippen LogP contribution in [0.1, 0.15) is 11.3 Å². The Bertz CT molecular complexity index is 608. The van der Waals surface area contributed by atoms with Crippen molar-refractivity contribution in [3.8, 4) is 0 Å². The first kappa shape index (κ1) is 12.6. The summed E-state index contributed by atoms with van der Waals surface area (Å²) in [5.41, 5.74) is 7.26. The van der Waals surface area contributed by atoms with Crippen LogP contribution in [-0.4, -0.2) is 13.6 Å². The first-order valence-electron chi connectivity index (χ1n) is 5.27. The van der Waals surface area contributed by atoms with Gasteiger partial charge in [-0.05, 0) is 11.6 Å². The number of nitrogen functional groups attached to an aromatic ring is 1. The van der Waals surface area contributed by atoms with Crippen molar-refractivity contribution in [3.05, 3.63) is 47.9 Å². The molecule has 1 heterocycles. The quantitative estimate of drug-likeness (QED) is 0.783. The number of benzene rings is 1. The molecule has 0 aliphatic rings. The third-order valence-corrected chi connectivity index (χ3v) is 3.64. The maximum absolute atomic E-state index is 11.8. The number of hydrogen-bond donors (Lipinski definition) is 2. The number of sulfonamides is 1. The SMILES string of the molecule is Nc1ccccc1CS(=O)(=O)NCc1ccon1. The molecule has 0 bridgehead atoms. The number of aromatic nitrogens is 1. The van der Waals surface area contributed by atoms with Crippen LogP contribution in [0.4, 0.5) is 5.69 Å². The Morgan fingerprint density at radius 2 is 2.06 bits per heavy atom. The summed E-state index contributed by atoms with van der Waals surface area (Å²) >= 11 is 0. The summed E-state index contributed by atoms with van der Waals surface area (Å²) in [6, 6.07) is 8.46. The maximum Gasteiger partial charge on any atom is 0.216 e. The molecule has 0 atom stereocenters. The molecule has 0 fully saturated rings. The van der Waals surface area contributed by atoms with Crippen LogP contribution in [0.3, 0.4) is 0 Å². The van der Waals surface area contributed by atoms with Crippen LogP contribution in [0.15, 0.2) is 41.1 Å². The Morgan fingerprint density at radius 1 is 1.28 bits per heavy atom. The summed E-state index contributed by atoms with van der Waals surface area (Å²) in [7, 11) is -3.44. The van der Waals surface area contributed by atoms with Crippen molar-refractivity contribution in [1.29, 1.82) is 0 Å². The number of nitrogens with one attached hydrogen (secondary N) is 1. The third kappa shape index (κ3) is 3.31. The van der Waals surface area contributed by atoms with Gasteiger partial charge in [-0.25, -0.2) is 13.1 Å². The molecule has 3 N–H and O–H groups in total. The molecule has 0 spiro atoms. The van der Waals surface area contributed by atoms with Crippen LogP contribution < -0.4 is 10.5 Å². The van der Waals surface area contributed by atoms with Crippen LogP contribution in [-0.2, 0) is 22.3 Å². The van der Waals surface area contributed by atoms with Crippen LogP contribution in [0.5, 0.6) is 0 Å². The van der Waals surface area contributed by atoms with Crippen molar-refractivity contribution in [2.75, 3.05) is 5.73 Å². The summed E-state index contributed by atoms with van der Waals surface area (Å²) < 4.78 is 30.7. The largest absolute Gasteiger partial charge is 0.398 e. The minimum Gasteiger partial charge on any atom is -0.398 e. The fourth-order valence-corrected chi connectivity index (χ4v) is 2.58. The van der Waals surface area contributed by atoms with Crippen molar-refractivity contribution in [3.63, 3.8) is 0 Å². The van der Waals surface area contributed by atoms with E-state index in [1.165, 1.54) is 6.26 Å². The Balaban J connectivity index is 2.02. The van der Waals surface area contributed by atoms with Gasteiger partial charge in [0.25, 0.3) is 0 Å². The molecule has 0 aliphatic heterocycles. The zero-order valence-corrected chi connectivity index (χ0v) is 10.4. The molecule has 18 heavy (non-hydrogen) atoms. The summed E-state index contributed by atoms with van der Waals surface area (Å²) in [5.74, 6) is -0.155. The normalized spacial score (nSPS) is 11.6. The molecule has 2 aromatic rings. The fraction of sp³-hybridized carbons (Fsp3) is 0.182. The number of anilines is 1. The van der Waals surface area contributed by atoms with Crippen molar-refractivity contribution in [2.24, 2.45) is 0 Å². The lowest BCUT2D eigenvalue weighted by Crippen LogP contribution is -2.25. The second-order valence-corrected chi connectivity index (χ2v) is 5.58. The van der Waals surface area contributed by atoms with E-state index in [9.17, 15) is 8.42 Å². The predicted octanol–water partition coefficient (Wildman–Crippen LogP) is 0.876. The van der Waals surface area contributed by atoms with E-state index < -0.39 is 10.0 Å². The molecule has 6 nitrogen and oxygen atoms in total. The van der Waals surface area contributed by atoms with Crippen LogP contribution >= 0.6 is 0 Å². The standard InChI is InChI=1S/C11H13N3O3S/c12-11-4-2-1-3-9(11)8-18(15,16)13-7-10-5-6-17-14-10/h1-6,13H,7-8,12H2. The van der Waals surface area contributed by atoms with Gasteiger partial charge in [-0.2, -0.15) is 0 Å². The molecule has 1 aromatic heterocycles. The summed E-state index contributed by atoms with van der Waals surface area (Å²) in [6.07, 6.45) is 1.39. The fourth-order valence-electron chi connectivity index (χ4n) is 1.43. The number of para-hydroxylation sites is 1. The highest BCUT2D eigenvalue weighted by Gasteiger charge is 2.13. The van der Waals surface area contributed by atoms with Gasteiger partial charge in [0.15, 0.2) is 0 Å². The molecule has 0 unspecified atom stereocenters. The van der Waals surface area contributed by atoms with Crippen LogP contribution in [0.25, 0.3) is 0 Å². The smallest absolute Gasteiger partial charge is 0.216 e. The Morgan fingerprint density at radius 3 is 2.72 bits per heavy atom. The van der Waals surface area contributed by atoms with E-state index in [2.05, 4.69) is 14.4 Å². The van der Waals surface area contributed by atoms with Crippen molar-refractivity contribution in [2.45, 2.75) is 12.3 Å². The summed E-state index contributed by atoms with van der Waals surface area (Å²) in [5, 5.41) is 3.62. The lowest BCUT2D eigenvalue weighted by atomic mass is 10.2. The average molecular weight is 267 g/mol. The molecule has 0 saturated heterocycles. The number of hydrogen-bond acceptors (Lipinski definition) is 5. The van der Waals surface area contributed by atoms with E-state index in [-0.39, 0.29) is 12.3 Å². The third-order valence-electron chi connectivity index (χ3n) is 2.37. The lowest BCUT2D eigenvalue weighted by Gasteiger charge is -2.07. The Kier molecular flexibility index (Phi) is 3.63. The Hall–Kier alpha value is -1.86. The molecule has 0 radical (unpaired) electrons. The summed E-state index contributed by atoms with van der Waals surface area (Å²) in [4.78, 5) is 0. The zero-order valence-electron chi connectivity index (χ0n) is 9.54.